The van der Waals surface area contributed by atoms with Gasteiger partial charge < -0.3 is 10.2 Å². The fourth-order valence-electron chi connectivity index (χ4n) is 4.00. The van der Waals surface area contributed by atoms with Gasteiger partial charge in [0.05, 0.1) is 11.4 Å². The Morgan fingerprint density at radius 1 is 0.972 bits per heavy atom. The van der Waals surface area contributed by atoms with E-state index in [-0.39, 0.29) is 23.9 Å². The van der Waals surface area contributed by atoms with Crippen LogP contribution in [0.3, 0.4) is 0 Å². The predicted octanol–water partition coefficient (Wildman–Crippen LogP) is 4.10. The molecule has 192 valence electrons. The van der Waals surface area contributed by atoms with Crippen LogP contribution >= 0.6 is 0 Å². The Bertz CT molecular complexity index is 1320. The fraction of sp³-hybridized carbons (Fsp3) is 0.357. The third-order valence-corrected chi connectivity index (χ3v) is 8.02. The summed E-state index contributed by atoms with van der Waals surface area (Å²) in [6, 6.07) is 19.4. The van der Waals surface area contributed by atoms with Gasteiger partial charge in [-0.25, -0.2) is 8.42 Å². The number of amides is 2. The van der Waals surface area contributed by atoms with Crippen molar-refractivity contribution in [3.8, 4) is 0 Å². The van der Waals surface area contributed by atoms with E-state index in [0.29, 0.717) is 6.54 Å². The van der Waals surface area contributed by atoms with Gasteiger partial charge in [-0.05, 0) is 48.7 Å². The number of carbonyl (C=O) groups is 2. The minimum Gasteiger partial charge on any atom is -0.354 e. The number of carbonyl (C=O) groups excluding carboxylic acids is 2. The monoisotopic (exact) mass is 509 g/mol. The van der Waals surface area contributed by atoms with E-state index >= 15 is 0 Å². The summed E-state index contributed by atoms with van der Waals surface area (Å²) in [5.74, 6) is -0.703. The smallest absolute Gasteiger partial charge is 0.243 e. The van der Waals surface area contributed by atoms with Crippen LogP contribution in [0, 0.1) is 6.92 Å². The van der Waals surface area contributed by atoms with Crippen LogP contribution in [0.15, 0.2) is 71.6 Å². The molecule has 0 saturated heterocycles. The fourth-order valence-corrected chi connectivity index (χ4v) is 5.16. The highest BCUT2D eigenvalue weighted by atomic mass is 32.2. The van der Waals surface area contributed by atoms with Crippen LogP contribution in [0.1, 0.15) is 37.8 Å². The lowest BCUT2D eigenvalue weighted by Gasteiger charge is -2.30. The second-order valence-corrected chi connectivity index (χ2v) is 11.1. The maximum absolute atomic E-state index is 13.4. The van der Waals surface area contributed by atoms with Crippen molar-refractivity contribution in [2.24, 2.45) is 0 Å². The lowest BCUT2D eigenvalue weighted by molar-refractivity contribution is -0.140. The molecule has 2 amide bonds. The Morgan fingerprint density at radius 3 is 2.39 bits per heavy atom. The summed E-state index contributed by atoms with van der Waals surface area (Å²) >= 11 is 0. The van der Waals surface area contributed by atoms with Gasteiger partial charge in [-0.2, -0.15) is 4.31 Å². The molecule has 0 spiro atoms. The first-order chi connectivity index (χ1) is 17.1. The van der Waals surface area contributed by atoms with E-state index in [1.165, 1.54) is 11.9 Å². The van der Waals surface area contributed by atoms with Crippen LogP contribution in [0.5, 0.6) is 0 Å². The highest BCUT2D eigenvalue weighted by molar-refractivity contribution is 7.89. The summed E-state index contributed by atoms with van der Waals surface area (Å²) in [6.45, 7) is 6.02. The molecule has 7 nitrogen and oxygen atoms in total. The molecule has 3 rings (SSSR count). The first kappa shape index (κ1) is 27.4. The number of sulfonamides is 1. The molecule has 0 fully saturated rings. The molecule has 0 aliphatic heterocycles. The molecule has 0 unspecified atom stereocenters. The molecule has 36 heavy (non-hydrogen) atoms. The Morgan fingerprint density at radius 2 is 1.69 bits per heavy atom. The molecule has 1 N–H and O–H groups in total. The van der Waals surface area contributed by atoms with Crippen molar-refractivity contribution < 1.29 is 18.0 Å². The minimum atomic E-state index is -3.92. The van der Waals surface area contributed by atoms with Gasteiger partial charge in [0.1, 0.15) is 6.04 Å². The first-order valence-electron chi connectivity index (χ1n) is 12.2. The number of unbranched alkanes of at least 4 members (excludes halogenated alkanes) is 1. The van der Waals surface area contributed by atoms with E-state index < -0.39 is 22.0 Å². The average molecular weight is 510 g/mol. The van der Waals surface area contributed by atoms with E-state index in [0.717, 1.165) is 39.0 Å². The Labute approximate surface area is 214 Å². The molecule has 3 aromatic carbocycles. The third-order valence-electron chi connectivity index (χ3n) is 6.22. The van der Waals surface area contributed by atoms with Gasteiger partial charge in [0.2, 0.25) is 21.8 Å². The van der Waals surface area contributed by atoms with E-state index in [1.807, 2.05) is 62.4 Å². The zero-order chi connectivity index (χ0) is 26.3. The zero-order valence-corrected chi connectivity index (χ0v) is 22.2. The number of hydrogen-bond acceptors (Lipinski definition) is 4. The van der Waals surface area contributed by atoms with Gasteiger partial charge in [-0.15, -0.1) is 0 Å². The number of fused-ring (bicyclic) bond motifs is 1. The van der Waals surface area contributed by atoms with E-state index in [9.17, 15) is 18.0 Å². The highest BCUT2D eigenvalue weighted by Gasteiger charge is 2.30. The number of hydrogen-bond donors (Lipinski definition) is 1. The Kier molecular flexibility index (Phi) is 9.23. The number of benzene rings is 3. The van der Waals surface area contributed by atoms with Crippen molar-refractivity contribution in [1.82, 2.24) is 14.5 Å². The molecule has 8 heteroatoms. The lowest BCUT2D eigenvalue weighted by Crippen LogP contribution is -2.50. The van der Waals surface area contributed by atoms with Gasteiger partial charge in [0.15, 0.2) is 0 Å². The number of rotatable bonds is 11. The maximum atomic E-state index is 13.4. The Hall–Kier alpha value is -3.23. The van der Waals surface area contributed by atoms with Gasteiger partial charge >= 0.3 is 0 Å². The van der Waals surface area contributed by atoms with Gasteiger partial charge in [0, 0.05) is 20.1 Å². The molecule has 0 aromatic heterocycles. The summed E-state index contributed by atoms with van der Waals surface area (Å²) < 4.78 is 27.6. The number of nitrogens with one attached hydrogen (secondary N) is 1. The second-order valence-electron chi connectivity index (χ2n) is 9.10. The highest BCUT2D eigenvalue weighted by Crippen LogP contribution is 2.22. The molecule has 0 bridgehead atoms. The van der Waals surface area contributed by atoms with Crippen molar-refractivity contribution >= 4 is 32.6 Å². The van der Waals surface area contributed by atoms with Crippen molar-refractivity contribution in [2.45, 2.75) is 51.1 Å². The number of aryl methyl sites for hydroxylation is 1. The van der Waals surface area contributed by atoms with Crippen molar-refractivity contribution in [3.05, 3.63) is 77.9 Å². The van der Waals surface area contributed by atoms with Crippen LogP contribution in [0.2, 0.25) is 0 Å². The van der Waals surface area contributed by atoms with Crippen LogP contribution < -0.4 is 5.32 Å². The minimum absolute atomic E-state index is 0.118. The average Bonchev–Trinajstić information content (AvgIpc) is 2.86. The third kappa shape index (κ3) is 6.71. The molecule has 1 atom stereocenters. The quantitative estimate of drug-likeness (QED) is 0.394. The lowest BCUT2D eigenvalue weighted by atomic mass is 10.1. The van der Waals surface area contributed by atoms with Crippen LogP contribution in [-0.2, 0) is 26.2 Å². The summed E-state index contributed by atoms with van der Waals surface area (Å²) in [5, 5.41) is 4.61. The van der Waals surface area contributed by atoms with Crippen molar-refractivity contribution in [1.29, 1.82) is 0 Å². The van der Waals surface area contributed by atoms with Gasteiger partial charge in [-0.1, -0.05) is 73.5 Å². The zero-order valence-electron chi connectivity index (χ0n) is 21.4. The summed E-state index contributed by atoms with van der Waals surface area (Å²) in [7, 11) is -2.53. The second kappa shape index (κ2) is 12.1. The molecular weight excluding hydrogens is 474 g/mol. The van der Waals surface area contributed by atoms with Crippen molar-refractivity contribution in [3.63, 3.8) is 0 Å². The van der Waals surface area contributed by atoms with Gasteiger partial charge in [0.25, 0.3) is 0 Å². The molecule has 0 aliphatic carbocycles. The molecule has 0 saturated carbocycles. The first-order valence-corrected chi connectivity index (χ1v) is 13.7. The molecule has 0 radical (unpaired) electrons. The summed E-state index contributed by atoms with van der Waals surface area (Å²) in [5.41, 5.74) is 1.91. The SMILES string of the molecule is CCCCNC(=O)[C@H](C)N(Cc1cccc(C)c1)C(=O)CN(C)S(=O)(=O)c1ccc2ccccc2c1. The van der Waals surface area contributed by atoms with Crippen LogP contribution in [0.4, 0.5) is 0 Å². The topological polar surface area (TPSA) is 86.8 Å². The number of nitrogens with zero attached hydrogens (tertiary/aromatic N) is 2. The Balaban J connectivity index is 1.82. The molecule has 0 heterocycles. The summed E-state index contributed by atoms with van der Waals surface area (Å²) in [6.07, 6.45) is 1.79. The van der Waals surface area contributed by atoms with E-state index in [2.05, 4.69) is 5.32 Å². The summed E-state index contributed by atoms with van der Waals surface area (Å²) in [4.78, 5) is 27.8. The molecular formula is C28H35N3O4S. The van der Waals surface area contributed by atoms with Crippen LogP contribution in [0.25, 0.3) is 10.8 Å². The maximum Gasteiger partial charge on any atom is 0.243 e. The van der Waals surface area contributed by atoms with E-state index in [4.69, 9.17) is 0 Å². The van der Waals surface area contributed by atoms with Crippen LogP contribution in [-0.4, -0.2) is 55.6 Å². The molecule has 0 aliphatic rings. The van der Waals surface area contributed by atoms with Crippen molar-refractivity contribution in [2.75, 3.05) is 20.1 Å². The molecule has 3 aromatic rings. The standard InChI is InChI=1S/C28H35N3O4S/c1-5-6-16-29-28(33)22(3)31(19-23-11-9-10-21(2)17-23)27(32)20-30(4)36(34,35)26-15-14-24-12-7-8-13-25(24)18-26/h7-15,17-18,22H,5-6,16,19-20H2,1-4H3,(H,29,33)/t22-/m0/s1. The normalized spacial score (nSPS) is 12.5. The van der Waals surface area contributed by atoms with E-state index in [1.54, 1.807) is 25.1 Å². The number of likely N-dealkylation sites (N-methyl/N-ethyl adjacent to an activating group) is 1. The van der Waals surface area contributed by atoms with Gasteiger partial charge in [-0.3, -0.25) is 9.59 Å². The predicted molar refractivity (Wildman–Crippen MR) is 143 cm³/mol. The largest absolute Gasteiger partial charge is 0.354 e.